The fourth-order valence-electron chi connectivity index (χ4n) is 1.21. The fraction of sp³-hybridized carbons (Fsp3) is 0.333. The van der Waals surface area contributed by atoms with Crippen LogP contribution in [0.15, 0.2) is 4.99 Å². The molecule has 0 spiro atoms. The molecule has 0 aromatic carbocycles. The maximum atomic E-state index is 11.2. The molecule has 10 heteroatoms. The van der Waals surface area contributed by atoms with Gasteiger partial charge in [-0.3, -0.25) is 25.2 Å². The van der Waals surface area contributed by atoms with E-state index in [0.717, 1.165) is 0 Å². The number of carboxylic acids is 2. The molecule has 1 aliphatic heterocycles. The smallest absolute Gasteiger partial charge is 0.328 e. The topological polar surface area (TPSA) is 168 Å². The van der Waals surface area contributed by atoms with Crippen LogP contribution in [0.3, 0.4) is 0 Å². The van der Waals surface area contributed by atoms with E-state index < -0.39 is 48.2 Å². The molecule has 0 bridgehead atoms. The molecule has 0 saturated carbocycles. The van der Waals surface area contributed by atoms with Gasteiger partial charge in [-0.1, -0.05) is 0 Å². The Labute approximate surface area is 105 Å². The van der Waals surface area contributed by atoms with Gasteiger partial charge in [0.15, 0.2) is 5.92 Å². The van der Waals surface area contributed by atoms with Gasteiger partial charge < -0.3 is 19.8 Å². The summed E-state index contributed by atoms with van der Waals surface area (Å²) < 4.78 is 0. The summed E-state index contributed by atoms with van der Waals surface area (Å²) in [6.45, 7) is 0. The molecule has 0 aromatic heterocycles. The Hall–Kier alpha value is -2.78. The zero-order chi connectivity index (χ0) is 14.6. The third-order valence-corrected chi connectivity index (χ3v) is 2.09. The summed E-state index contributed by atoms with van der Waals surface area (Å²) in [5, 5.41) is 24.3. The molecule has 0 aromatic rings. The third kappa shape index (κ3) is 3.87. The normalized spacial score (nSPS) is 18.0. The molecule has 1 heterocycles. The number of imide groups is 2. The van der Waals surface area contributed by atoms with Crippen molar-refractivity contribution in [2.24, 2.45) is 10.9 Å². The lowest BCUT2D eigenvalue weighted by Crippen LogP contribution is -2.56. The number of aliphatic carboxylic acids is 2. The molecular formula is C9H7N3O7-2. The summed E-state index contributed by atoms with van der Waals surface area (Å²) in [4.78, 5) is 57.3. The standard InChI is InChI=1S/C9H9N3O7/c13-5(14)1-4(8(17)18)10-2-3-6(15)11-9(19)12-7(3)16/h2-4H,1H2,(H,13,14)(H,17,18)(H2,11,12,15,16,19)/p-2/t4-/m1/s1. The third-order valence-electron chi connectivity index (χ3n) is 2.09. The molecule has 1 rings (SSSR count). The highest BCUT2D eigenvalue weighted by Crippen LogP contribution is 2.02. The van der Waals surface area contributed by atoms with E-state index in [2.05, 4.69) is 4.99 Å². The molecule has 102 valence electrons. The fourth-order valence-corrected chi connectivity index (χ4v) is 1.21. The van der Waals surface area contributed by atoms with E-state index in [1.807, 2.05) is 0 Å². The van der Waals surface area contributed by atoms with Crippen LogP contribution in [-0.2, 0) is 19.2 Å². The molecule has 1 aliphatic rings. The van der Waals surface area contributed by atoms with Gasteiger partial charge in [0.1, 0.15) is 0 Å². The molecule has 19 heavy (non-hydrogen) atoms. The first-order valence-corrected chi connectivity index (χ1v) is 4.91. The summed E-state index contributed by atoms with van der Waals surface area (Å²) in [5.41, 5.74) is 0. The number of nitrogens with zero attached hydrogens (tertiary/aromatic N) is 1. The minimum atomic E-state index is -1.80. The van der Waals surface area contributed by atoms with Gasteiger partial charge in [-0.25, -0.2) is 4.79 Å². The molecule has 0 unspecified atom stereocenters. The molecule has 2 N–H and O–H groups in total. The Balaban J connectivity index is 2.80. The number of urea groups is 1. The van der Waals surface area contributed by atoms with Crippen molar-refractivity contribution < 1.29 is 34.2 Å². The Bertz CT molecular complexity index is 464. The predicted molar refractivity (Wildman–Crippen MR) is 52.1 cm³/mol. The maximum absolute atomic E-state index is 11.2. The lowest BCUT2D eigenvalue weighted by atomic mass is 10.1. The second-order valence-corrected chi connectivity index (χ2v) is 3.49. The molecule has 1 saturated heterocycles. The summed E-state index contributed by atoms with van der Waals surface area (Å²) in [5.74, 6) is -7.00. The quantitative estimate of drug-likeness (QED) is 0.373. The van der Waals surface area contributed by atoms with Crippen molar-refractivity contribution >= 4 is 36.0 Å². The van der Waals surface area contributed by atoms with Gasteiger partial charge in [0, 0.05) is 18.6 Å². The van der Waals surface area contributed by atoms with E-state index >= 15 is 0 Å². The van der Waals surface area contributed by atoms with Gasteiger partial charge >= 0.3 is 6.03 Å². The van der Waals surface area contributed by atoms with Crippen molar-refractivity contribution in [3.8, 4) is 0 Å². The monoisotopic (exact) mass is 269 g/mol. The van der Waals surface area contributed by atoms with E-state index in [1.165, 1.54) is 0 Å². The Morgan fingerprint density at radius 3 is 2.16 bits per heavy atom. The summed E-state index contributed by atoms with van der Waals surface area (Å²) >= 11 is 0. The zero-order valence-electron chi connectivity index (χ0n) is 9.24. The lowest BCUT2D eigenvalue weighted by molar-refractivity contribution is -0.316. The van der Waals surface area contributed by atoms with E-state index in [4.69, 9.17) is 0 Å². The van der Waals surface area contributed by atoms with Crippen LogP contribution in [0, 0.1) is 5.92 Å². The molecule has 10 nitrogen and oxygen atoms in total. The van der Waals surface area contributed by atoms with Crippen LogP contribution < -0.4 is 20.8 Å². The van der Waals surface area contributed by atoms with Crippen molar-refractivity contribution in [2.75, 3.05) is 0 Å². The summed E-state index contributed by atoms with van der Waals surface area (Å²) in [7, 11) is 0. The van der Waals surface area contributed by atoms with Crippen LogP contribution in [-0.4, -0.2) is 42.0 Å². The number of amides is 4. The number of barbiturate groups is 1. The first-order valence-electron chi connectivity index (χ1n) is 4.91. The van der Waals surface area contributed by atoms with Crippen molar-refractivity contribution in [2.45, 2.75) is 12.5 Å². The maximum Gasteiger partial charge on any atom is 0.328 e. The van der Waals surface area contributed by atoms with Gasteiger partial charge in [-0.05, 0) is 0 Å². The van der Waals surface area contributed by atoms with Crippen LogP contribution in [0.4, 0.5) is 4.79 Å². The van der Waals surface area contributed by atoms with E-state index in [0.29, 0.717) is 6.21 Å². The van der Waals surface area contributed by atoms with Gasteiger partial charge in [-0.2, -0.15) is 0 Å². The van der Waals surface area contributed by atoms with E-state index in [1.54, 1.807) is 10.6 Å². The highest BCUT2D eigenvalue weighted by Gasteiger charge is 2.32. The molecule has 0 aliphatic carbocycles. The average Bonchev–Trinajstić information content (AvgIpc) is 2.25. The van der Waals surface area contributed by atoms with Gasteiger partial charge in [-0.15, -0.1) is 0 Å². The Morgan fingerprint density at radius 1 is 1.21 bits per heavy atom. The average molecular weight is 269 g/mol. The Kier molecular flexibility index (Phi) is 4.29. The zero-order valence-corrected chi connectivity index (χ0v) is 9.24. The van der Waals surface area contributed by atoms with E-state index in [-0.39, 0.29) is 0 Å². The highest BCUT2D eigenvalue weighted by atomic mass is 16.4. The number of carboxylic acid groups (broad SMARTS) is 2. The SMILES string of the molecule is O=C([O-])C[C@@H](N=CC1C(=O)NC(=O)NC1=O)C(=O)[O-]. The number of nitrogens with one attached hydrogen (secondary N) is 2. The predicted octanol–water partition coefficient (Wildman–Crippen LogP) is -4.70. The van der Waals surface area contributed by atoms with Crippen LogP contribution in [0.1, 0.15) is 6.42 Å². The van der Waals surface area contributed by atoms with Crippen molar-refractivity contribution in [1.29, 1.82) is 0 Å². The molecule has 1 atom stereocenters. The van der Waals surface area contributed by atoms with Gasteiger partial charge in [0.2, 0.25) is 11.8 Å². The summed E-state index contributed by atoms with van der Waals surface area (Å²) in [6, 6.07) is -2.80. The number of aliphatic imine (C=N–C) groups is 1. The minimum Gasteiger partial charge on any atom is -0.550 e. The van der Waals surface area contributed by atoms with Gasteiger partial charge in [0.25, 0.3) is 0 Å². The van der Waals surface area contributed by atoms with Crippen LogP contribution >= 0.6 is 0 Å². The first kappa shape index (κ1) is 14.3. The van der Waals surface area contributed by atoms with Crippen LogP contribution in [0.5, 0.6) is 0 Å². The minimum absolute atomic E-state index is 0.639. The van der Waals surface area contributed by atoms with E-state index in [9.17, 15) is 34.2 Å². The first-order chi connectivity index (χ1) is 8.81. The second kappa shape index (κ2) is 5.71. The molecule has 1 fully saturated rings. The van der Waals surface area contributed by atoms with Gasteiger partial charge in [0.05, 0.1) is 12.0 Å². The largest absolute Gasteiger partial charge is 0.550 e. The second-order valence-electron chi connectivity index (χ2n) is 3.49. The van der Waals surface area contributed by atoms with Crippen LogP contribution in [0.2, 0.25) is 0 Å². The highest BCUT2D eigenvalue weighted by molar-refractivity contribution is 6.23. The Morgan fingerprint density at radius 2 is 1.74 bits per heavy atom. The summed E-state index contributed by atoms with van der Waals surface area (Å²) in [6.07, 6.45) is -0.325. The van der Waals surface area contributed by atoms with Crippen molar-refractivity contribution in [3.05, 3.63) is 0 Å². The molecule has 0 radical (unpaired) electrons. The molecule has 4 amide bonds. The number of rotatable bonds is 5. The number of hydrogen-bond donors (Lipinski definition) is 2. The van der Waals surface area contributed by atoms with Crippen molar-refractivity contribution in [1.82, 2.24) is 10.6 Å². The number of carbonyl (C=O) groups excluding carboxylic acids is 5. The number of hydrogen-bond acceptors (Lipinski definition) is 8. The van der Waals surface area contributed by atoms with Crippen LogP contribution in [0.25, 0.3) is 0 Å². The van der Waals surface area contributed by atoms with Crippen molar-refractivity contribution in [3.63, 3.8) is 0 Å². The molecular weight excluding hydrogens is 262 g/mol. The number of carbonyl (C=O) groups is 5. The lowest BCUT2D eigenvalue weighted by Gasteiger charge is -2.19.